The number of rotatable bonds is 34. The molecule has 6 aromatic carbocycles. The SMILES string of the molecule is CCCCCCCCCCCCOc1ccc(/C=C(\C)C(=O)Oc2ccc(C(=O)Oc3ccc4ccc(OC(=O)c5ccc(OC(=O)/C(C)=C/c6ccc(OCCCCCCCCCCCC)cc6)c(F)c5)cc4c3)cc2F)cc1. The minimum atomic E-state index is -0.939. The molecule has 0 unspecified atom stereocenters. The Balaban J connectivity index is 0.923. The van der Waals surface area contributed by atoms with Gasteiger partial charge in [-0.05, 0) is 146 Å². The number of carbonyl (C=O) groups excluding carboxylic acids is 4. The van der Waals surface area contributed by atoms with Crippen molar-refractivity contribution >= 4 is 46.8 Å². The van der Waals surface area contributed by atoms with Gasteiger partial charge in [-0.2, -0.15) is 0 Å². The highest BCUT2D eigenvalue weighted by atomic mass is 19.1. The summed E-state index contributed by atoms with van der Waals surface area (Å²) >= 11 is 0. The number of carbonyl (C=O) groups is 4. The van der Waals surface area contributed by atoms with Crippen molar-refractivity contribution in [3.63, 3.8) is 0 Å². The van der Waals surface area contributed by atoms with Crippen LogP contribution in [0.2, 0.25) is 0 Å². The van der Waals surface area contributed by atoms with Crippen LogP contribution >= 0.6 is 0 Å². The van der Waals surface area contributed by atoms with Crippen LogP contribution in [0.15, 0.2) is 132 Å². The zero-order valence-electron chi connectivity index (χ0n) is 47.1. The van der Waals surface area contributed by atoms with Crippen molar-refractivity contribution in [3.8, 4) is 34.5 Å². The second-order valence-corrected chi connectivity index (χ2v) is 20.4. The molecule has 0 aromatic heterocycles. The van der Waals surface area contributed by atoms with Gasteiger partial charge in [0.15, 0.2) is 23.1 Å². The van der Waals surface area contributed by atoms with Crippen LogP contribution in [0, 0.1) is 11.6 Å². The second kappa shape index (κ2) is 33.7. The standard InChI is InChI=1S/C68H78F2O10/c1-5-7-9-11-13-15-17-19-21-23-41-75-57-33-25-51(26-34-57)43-49(3)65(71)79-63-39-31-54(47-61(63)69)67(73)77-59-37-29-53-30-38-60(46-56(53)45-59)78-68(74)55-32-40-64(62(70)48-55)80-66(72)50(4)44-52-27-35-58(36-28-52)76-42-24-22-20-18-16-14-12-10-8-6-2/h25-40,43-48H,5-24,41-42H2,1-4H3/b49-43+,50-44+. The van der Waals surface area contributed by atoms with Crippen LogP contribution in [0.5, 0.6) is 34.5 Å². The van der Waals surface area contributed by atoms with E-state index in [4.69, 9.17) is 28.4 Å². The van der Waals surface area contributed by atoms with Crippen molar-refractivity contribution in [2.45, 2.75) is 156 Å². The Labute approximate surface area is 471 Å². The minimum Gasteiger partial charge on any atom is -0.494 e. The fraction of sp³-hybridized carbons (Fsp3) is 0.382. The first-order valence-corrected chi connectivity index (χ1v) is 28.7. The minimum absolute atomic E-state index is 0.117. The summed E-state index contributed by atoms with van der Waals surface area (Å²) in [5.41, 5.74) is 1.70. The Hall–Kier alpha value is -7.60. The van der Waals surface area contributed by atoms with Crippen LogP contribution < -0.4 is 28.4 Å². The molecule has 0 aliphatic rings. The highest BCUT2D eigenvalue weighted by Gasteiger charge is 2.19. The number of esters is 4. The van der Waals surface area contributed by atoms with Crippen LogP contribution in [0.25, 0.3) is 22.9 Å². The topological polar surface area (TPSA) is 124 Å². The lowest BCUT2D eigenvalue weighted by Gasteiger charge is -2.10. The van der Waals surface area contributed by atoms with E-state index in [0.717, 1.165) is 65.8 Å². The van der Waals surface area contributed by atoms with Crippen LogP contribution in [0.1, 0.15) is 188 Å². The molecule has 80 heavy (non-hydrogen) atoms. The third-order valence-electron chi connectivity index (χ3n) is 13.6. The first kappa shape index (κ1) is 61.6. The van der Waals surface area contributed by atoms with E-state index >= 15 is 8.78 Å². The van der Waals surface area contributed by atoms with Gasteiger partial charge in [0.05, 0.1) is 24.3 Å². The Morgan fingerprint density at radius 2 is 0.713 bits per heavy atom. The van der Waals surface area contributed by atoms with E-state index in [1.807, 2.05) is 48.5 Å². The first-order valence-electron chi connectivity index (χ1n) is 28.7. The van der Waals surface area contributed by atoms with Crippen molar-refractivity contribution in [3.05, 3.63) is 166 Å². The molecule has 0 heterocycles. The molecule has 424 valence electrons. The van der Waals surface area contributed by atoms with Gasteiger partial charge in [-0.3, -0.25) is 0 Å². The van der Waals surface area contributed by atoms with Crippen LogP contribution in [0.4, 0.5) is 8.78 Å². The predicted molar refractivity (Wildman–Crippen MR) is 313 cm³/mol. The zero-order chi connectivity index (χ0) is 56.9. The lowest BCUT2D eigenvalue weighted by atomic mass is 10.1. The van der Waals surface area contributed by atoms with Gasteiger partial charge in [-0.25, -0.2) is 28.0 Å². The molecular formula is C68H78F2O10. The summed E-state index contributed by atoms with van der Waals surface area (Å²) in [6, 6.07) is 31.0. The Kier molecular flexibility index (Phi) is 26.0. The van der Waals surface area contributed by atoms with E-state index in [0.29, 0.717) is 18.6 Å². The van der Waals surface area contributed by atoms with Gasteiger partial charge in [0.1, 0.15) is 23.0 Å². The average molecular weight is 1090 g/mol. The molecule has 6 aromatic rings. The van der Waals surface area contributed by atoms with Gasteiger partial charge >= 0.3 is 23.9 Å². The van der Waals surface area contributed by atoms with E-state index in [2.05, 4.69) is 13.8 Å². The van der Waals surface area contributed by atoms with Gasteiger partial charge in [0.2, 0.25) is 0 Å². The molecule has 6 rings (SSSR count). The van der Waals surface area contributed by atoms with Crippen LogP contribution in [-0.4, -0.2) is 37.1 Å². The molecule has 0 amide bonds. The predicted octanol–water partition coefficient (Wildman–Crippen LogP) is 18.2. The van der Waals surface area contributed by atoms with E-state index < -0.39 is 35.5 Å². The molecular weight excluding hydrogens is 1010 g/mol. The average Bonchev–Trinajstić information content (AvgIpc) is 3.47. The molecule has 0 spiro atoms. The second-order valence-electron chi connectivity index (χ2n) is 20.4. The number of fused-ring (bicyclic) bond motifs is 1. The van der Waals surface area contributed by atoms with E-state index in [1.165, 1.54) is 139 Å². The summed E-state index contributed by atoms with van der Waals surface area (Å²) in [6.45, 7) is 8.89. The largest absolute Gasteiger partial charge is 0.494 e. The van der Waals surface area contributed by atoms with Crippen LogP contribution in [-0.2, 0) is 9.59 Å². The number of ether oxygens (including phenoxy) is 6. The quantitative estimate of drug-likeness (QED) is 0.0167. The van der Waals surface area contributed by atoms with E-state index in [-0.39, 0.29) is 45.3 Å². The summed E-state index contributed by atoms with van der Waals surface area (Å²) in [5.74, 6) is -4.15. The Bertz CT molecular complexity index is 2800. The van der Waals surface area contributed by atoms with Crippen LogP contribution in [0.3, 0.4) is 0 Å². The molecule has 0 atom stereocenters. The third-order valence-corrected chi connectivity index (χ3v) is 13.6. The molecule has 0 aliphatic carbocycles. The lowest BCUT2D eigenvalue weighted by molar-refractivity contribution is -0.131. The molecule has 0 aliphatic heterocycles. The maximum absolute atomic E-state index is 15.3. The van der Waals surface area contributed by atoms with Gasteiger partial charge < -0.3 is 28.4 Å². The summed E-state index contributed by atoms with van der Waals surface area (Å²) in [5, 5.41) is 1.25. The number of unbranched alkanes of at least 4 members (excludes halogenated alkanes) is 18. The molecule has 0 fully saturated rings. The molecule has 0 bridgehead atoms. The van der Waals surface area contributed by atoms with Gasteiger partial charge in [0, 0.05) is 11.1 Å². The normalized spacial score (nSPS) is 11.6. The lowest BCUT2D eigenvalue weighted by Crippen LogP contribution is -2.12. The summed E-state index contributed by atoms with van der Waals surface area (Å²) in [4.78, 5) is 52.2. The van der Waals surface area contributed by atoms with Crippen molar-refractivity contribution in [1.29, 1.82) is 0 Å². The van der Waals surface area contributed by atoms with Crippen molar-refractivity contribution in [1.82, 2.24) is 0 Å². The van der Waals surface area contributed by atoms with Gasteiger partial charge in [-0.15, -0.1) is 0 Å². The highest BCUT2D eigenvalue weighted by Crippen LogP contribution is 2.29. The molecule has 0 N–H and O–H groups in total. The summed E-state index contributed by atoms with van der Waals surface area (Å²) < 4.78 is 64.1. The fourth-order valence-corrected chi connectivity index (χ4v) is 8.94. The number of halogens is 2. The number of hydrogen-bond donors (Lipinski definition) is 0. The number of hydrogen-bond acceptors (Lipinski definition) is 10. The summed E-state index contributed by atoms with van der Waals surface area (Å²) in [7, 11) is 0. The number of benzene rings is 6. The molecule has 0 saturated heterocycles. The highest BCUT2D eigenvalue weighted by molar-refractivity contribution is 5.97. The molecule has 10 nitrogen and oxygen atoms in total. The van der Waals surface area contributed by atoms with Gasteiger partial charge in [0.25, 0.3) is 0 Å². The van der Waals surface area contributed by atoms with Crippen molar-refractivity contribution in [2.75, 3.05) is 13.2 Å². The molecule has 12 heteroatoms. The smallest absolute Gasteiger partial charge is 0.343 e. The Morgan fingerprint density at radius 1 is 0.375 bits per heavy atom. The zero-order valence-corrected chi connectivity index (χ0v) is 47.1. The fourth-order valence-electron chi connectivity index (χ4n) is 8.94. The maximum atomic E-state index is 15.3. The molecule has 0 radical (unpaired) electrons. The summed E-state index contributed by atoms with van der Waals surface area (Å²) in [6.07, 6.45) is 28.4. The van der Waals surface area contributed by atoms with E-state index in [9.17, 15) is 19.2 Å². The van der Waals surface area contributed by atoms with Crippen molar-refractivity contribution < 1.29 is 56.4 Å². The molecule has 0 saturated carbocycles. The third kappa shape index (κ3) is 21.2. The van der Waals surface area contributed by atoms with E-state index in [1.54, 1.807) is 50.3 Å². The van der Waals surface area contributed by atoms with Crippen molar-refractivity contribution in [2.24, 2.45) is 0 Å². The maximum Gasteiger partial charge on any atom is 0.343 e. The van der Waals surface area contributed by atoms with Gasteiger partial charge in [-0.1, -0.05) is 166 Å². The monoisotopic (exact) mass is 1090 g/mol. The Morgan fingerprint density at radius 3 is 1.06 bits per heavy atom. The first-order chi connectivity index (χ1) is 38.9.